The van der Waals surface area contributed by atoms with E-state index in [0.29, 0.717) is 16.3 Å². The molecule has 0 spiro atoms. The Morgan fingerprint density at radius 3 is 3.11 bits per heavy atom. The number of nitrogens with two attached hydrogens (primary N) is 1. The third kappa shape index (κ3) is 2.41. The van der Waals surface area contributed by atoms with Gasteiger partial charge in [0.1, 0.15) is 10.8 Å². The van der Waals surface area contributed by atoms with Gasteiger partial charge >= 0.3 is 0 Å². The number of aromatic amines is 1. The second kappa shape index (κ2) is 5.28. The molecule has 18 heavy (non-hydrogen) atoms. The first-order valence-corrected chi connectivity index (χ1v) is 6.63. The van der Waals surface area contributed by atoms with Gasteiger partial charge in [0, 0.05) is 0 Å². The van der Waals surface area contributed by atoms with Gasteiger partial charge in [0.25, 0.3) is 5.91 Å². The van der Waals surface area contributed by atoms with E-state index in [9.17, 15) is 4.79 Å². The minimum absolute atomic E-state index is 0.177. The zero-order valence-corrected chi connectivity index (χ0v) is 11.3. The molecule has 0 aliphatic rings. The molecule has 7 heteroatoms. The maximum absolute atomic E-state index is 12.1. The number of amides is 1. The van der Waals surface area contributed by atoms with Crippen LogP contribution in [0.4, 0.5) is 5.82 Å². The Labute approximate surface area is 113 Å². The van der Waals surface area contributed by atoms with Crippen molar-refractivity contribution in [3.8, 4) is 0 Å². The molecule has 0 unspecified atom stereocenters. The average molecular weight is 280 g/mol. The van der Waals surface area contributed by atoms with Gasteiger partial charge in [0.2, 0.25) is 0 Å². The molecule has 2 rings (SSSR count). The van der Waals surface area contributed by atoms with Gasteiger partial charge in [-0.25, -0.2) is 0 Å². The molecular weight excluding hydrogens is 268 g/mol. The minimum atomic E-state index is -0.177. The van der Waals surface area contributed by atoms with Gasteiger partial charge in [0.05, 0.1) is 16.6 Å². The highest BCUT2D eigenvalue weighted by Gasteiger charge is 2.15. The Balaban J connectivity index is 2.22. The number of aryl methyl sites for hydroxylation is 1. The van der Waals surface area contributed by atoms with Gasteiger partial charge in [-0.2, -0.15) is 5.10 Å². The van der Waals surface area contributed by atoms with E-state index in [-0.39, 0.29) is 10.9 Å². The van der Waals surface area contributed by atoms with Crippen molar-refractivity contribution in [2.24, 2.45) is 5.73 Å². The van der Waals surface area contributed by atoms with E-state index in [0.717, 1.165) is 12.0 Å². The van der Waals surface area contributed by atoms with E-state index in [2.05, 4.69) is 15.5 Å². The van der Waals surface area contributed by atoms with Crippen LogP contribution in [0, 0.1) is 0 Å². The smallest absolute Gasteiger partial charge is 0.267 e. The van der Waals surface area contributed by atoms with Crippen LogP contribution in [0.1, 0.15) is 27.7 Å². The molecule has 2 aromatic rings. The van der Waals surface area contributed by atoms with Gasteiger partial charge in [-0.3, -0.25) is 9.89 Å². The summed E-state index contributed by atoms with van der Waals surface area (Å²) in [6.07, 6.45) is 2.31. The zero-order valence-electron chi connectivity index (χ0n) is 9.69. The highest BCUT2D eigenvalue weighted by molar-refractivity contribution is 7.80. The molecule has 0 aliphatic carbocycles. The standard InChI is InChI=1S/C11H12N4OS2/c1-2-6-3-4-18-8(6)11(16)14-10-7(9(12)17)5-13-15-10/h3-5H,2H2,1H3,(H2,12,17)(H2,13,14,15,16). The Hall–Kier alpha value is -1.73. The maximum atomic E-state index is 12.1. The molecule has 2 heterocycles. The Kier molecular flexibility index (Phi) is 3.73. The van der Waals surface area contributed by atoms with Gasteiger partial charge in [-0.05, 0) is 23.4 Å². The van der Waals surface area contributed by atoms with Crippen LogP contribution < -0.4 is 11.1 Å². The van der Waals surface area contributed by atoms with Gasteiger partial charge < -0.3 is 11.1 Å². The Morgan fingerprint density at radius 1 is 1.67 bits per heavy atom. The van der Waals surface area contributed by atoms with Crippen molar-refractivity contribution in [2.45, 2.75) is 13.3 Å². The molecule has 0 fully saturated rings. The predicted octanol–water partition coefficient (Wildman–Crippen LogP) is 1.92. The van der Waals surface area contributed by atoms with E-state index in [1.807, 2.05) is 18.4 Å². The first-order valence-electron chi connectivity index (χ1n) is 5.34. The summed E-state index contributed by atoms with van der Waals surface area (Å²) in [4.78, 5) is 13.0. The van der Waals surface area contributed by atoms with E-state index in [4.69, 9.17) is 18.0 Å². The van der Waals surface area contributed by atoms with Crippen molar-refractivity contribution in [3.05, 3.63) is 33.6 Å². The molecule has 2 aromatic heterocycles. The molecular formula is C11H12N4OS2. The lowest BCUT2D eigenvalue weighted by Crippen LogP contribution is -2.17. The van der Waals surface area contributed by atoms with Crippen LogP contribution in [0.3, 0.4) is 0 Å². The van der Waals surface area contributed by atoms with Crippen molar-refractivity contribution < 1.29 is 4.79 Å². The minimum Gasteiger partial charge on any atom is -0.389 e. The summed E-state index contributed by atoms with van der Waals surface area (Å²) in [6, 6.07) is 1.95. The lowest BCUT2D eigenvalue weighted by Gasteiger charge is -2.04. The second-order valence-corrected chi connectivity index (χ2v) is 4.96. The van der Waals surface area contributed by atoms with E-state index < -0.39 is 0 Å². The van der Waals surface area contributed by atoms with Crippen LogP contribution in [0.5, 0.6) is 0 Å². The molecule has 0 aliphatic heterocycles. The summed E-state index contributed by atoms with van der Waals surface area (Å²) < 4.78 is 0. The van der Waals surface area contributed by atoms with Gasteiger partial charge in [-0.1, -0.05) is 19.1 Å². The quantitative estimate of drug-likeness (QED) is 0.747. The lowest BCUT2D eigenvalue weighted by molar-refractivity contribution is 0.102. The third-order valence-electron chi connectivity index (χ3n) is 2.48. The van der Waals surface area contributed by atoms with Gasteiger partial charge in [0.15, 0.2) is 0 Å². The lowest BCUT2D eigenvalue weighted by atomic mass is 10.2. The highest BCUT2D eigenvalue weighted by atomic mass is 32.1. The summed E-state index contributed by atoms with van der Waals surface area (Å²) in [7, 11) is 0. The summed E-state index contributed by atoms with van der Waals surface area (Å²) in [5.74, 6) is 0.256. The molecule has 94 valence electrons. The van der Waals surface area contributed by atoms with E-state index in [1.54, 1.807) is 0 Å². The fourth-order valence-corrected chi connectivity index (χ4v) is 2.60. The number of nitrogens with zero attached hydrogens (tertiary/aromatic N) is 1. The predicted molar refractivity (Wildman–Crippen MR) is 76.1 cm³/mol. The molecule has 0 saturated carbocycles. The number of rotatable bonds is 4. The summed E-state index contributed by atoms with van der Waals surface area (Å²) in [5, 5.41) is 11.1. The number of carbonyl (C=O) groups is 1. The Morgan fingerprint density at radius 2 is 2.44 bits per heavy atom. The SMILES string of the molecule is CCc1ccsc1C(=O)Nc1[nH]ncc1C(N)=S. The fraction of sp³-hybridized carbons (Fsp3) is 0.182. The first-order chi connectivity index (χ1) is 8.63. The van der Waals surface area contributed by atoms with Crippen LogP contribution in [0.2, 0.25) is 0 Å². The van der Waals surface area contributed by atoms with Crippen molar-refractivity contribution in [1.82, 2.24) is 10.2 Å². The van der Waals surface area contributed by atoms with Crippen LogP contribution in [0.15, 0.2) is 17.6 Å². The molecule has 1 amide bonds. The number of thiophene rings is 1. The van der Waals surface area contributed by atoms with Gasteiger partial charge in [-0.15, -0.1) is 11.3 Å². The molecule has 5 nitrogen and oxygen atoms in total. The highest BCUT2D eigenvalue weighted by Crippen LogP contribution is 2.20. The fourth-order valence-electron chi connectivity index (χ4n) is 1.55. The largest absolute Gasteiger partial charge is 0.389 e. The van der Waals surface area contributed by atoms with Crippen LogP contribution in [0.25, 0.3) is 0 Å². The number of carbonyl (C=O) groups excluding carboxylic acids is 1. The molecule has 0 radical (unpaired) electrons. The summed E-state index contributed by atoms with van der Waals surface area (Å²) in [6.45, 7) is 2.01. The molecule has 0 aromatic carbocycles. The normalized spacial score (nSPS) is 10.3. The number of hydrogen-bond donors (Lipinski definition) is 3. The number of aromatic nitrogens is 2. The van der Waals surface area contributed by atoms with Crippen molar-refractivity contribution >= 4 is 40.3 Å². The van der Waals surface area contributed by atoms with Crippen LogP contribution in [-0.4, -0.2) is 21.1 Å². The number of thiocarbonyl (C=S) groups is 1. The topological polar surface area (TPSA) is 83.8 Å². The molecule has 0 atom stereocenters. The third-order valence-corrected chi connectivity index (χ3v) is 3.65. The number of H-pyrrole nitrogens is 1. The second-order valence-electron chi connectivity index (χ2n) is 3.61. The summed E-state index contributed by atoms with van der Waals surface area (Å²) >= 11 is 6.28. The zero-order chi connectivity index (χ0) is 13.1. The Bertz CT molecular complexity index is 587. The molecule has 4 N–H and O–H groups in total. The summed E-state index contributed by atoms with van der Waals surface area (Å²) in [5.41, 5.74) is 7.09. The van der Waals surface area contributed by atoms with Crippen molar-refractivity contribution in [1.29, 1.82) is 0 Å². The maximum Gasteiger partial charge on any atom is 0.267 e. The molecule has 0 saturated heterocycles. The number of nitrogens with one attached hydrogen (secondary N) is 2. The molecule has 0 bridgehead atoms. The average Bonchev–Trinajstić information content (AvgIpc) is 2.96. The van der Waals surface area contributed by atoms with Crippen molar-refractivity contribution in [3.63, 3.8) is 0 Å². The van der Waals surface area contributed by atoms with Crippen LogP contribution >= 0.6 is 23.6 Å². The monoisotopic (exact) mass is 280 g/mol. The van der Waals surface area contributed by atoms with Crippen molar-refractivity contribution in [2.75, 3.05) is 5.32 Å². The van der Waals surface area contributed by atoms with E-state index >= 15 is 0 Å². The number of hydrogen-bond acceptors (Lipinski definition) is 4. The first kappa shape index (κ1) is 12.7. The van der Waals surface area contributed by atoms with E-state index in [1.165, 1.54) is 17.5 Å². The van der Waals surface area contributed by atoms with Crippen LogP contribution in [-0.2, 0) is 6.42 Å². The number of anilines is 1.